The molecule has 2 aromatic heterocycles. The number of hydrogen-bond donors (Lipinski definition) is 1. The number of rotatable bonds is 3. The van der Waals surface area contributed by atoms with Crippen molar-refractivity contribution in [1.29, 1.82) is 0 Å². The van der Waals surface area contributed by atoms with Gasteiger partial charge in [-0.25, -0.2) is 4.98 Å². The van der Waals surface area contributed by atoms with Crippen molar-refractivity contribution in [1.82, 2.24) is 4.98 Å². The second-order valence-corrected chi connectivity index (χ2v) is 4.01. The fourth-order valence-electron chi connectivity index (χ4n) is 1.48. The van der Waals surface area contributed by atoms with Gasteiger partial charge in [0, 0.05) is 6.20 Å². The van der Waals surface area contributed by atoms with Crippen LogP contribution in [-0.2, 0) is 0 Å². The average molecular weight is 237 g/mol. The molecule has 84 valence electrons. The first-order chi connectivity index (χ1) is 7.66. The molecule has 2 rings (SSSR count). The zero-order valence-corrected chi connectivity index (χ0v) is 9.95. The van der Waals surface area contributed by atoms with Gasteiger partial charge in [-0.3, -0.25) is 0 Å². The molecule has 4 heteroatoms. The Morgan fingerprint density at radius 3 is 2.81 bits per heavy atom. The molecule has 0 bridgehead atoms. The molecule has 0 amide bonds. The Morgan fingerprint density at radius 2 is 2.19 bits per heavy atom. The third-order valence-electron chi connectivity index (χ3n) is 2.32. The van der Waals surface area contributed by atoms with Gasteiger partial charge in [0.1, 0.15) is 11.5 Å². The van der Waals surface area contributed by atoms with Crippen molar-refractivity contribution >= 4 is 17.3 Å². The van der Waals surface area contributed by atoms with Crippen LogP contribution >= 0.6 is 11.6 Å². The molecule has 2 heterocycles. The lowest BCUT2D eigenvalue weighted by molar-refractivity contribution is 0.467. The van der Waals surface area contributed by atoms with Crippen molar-refractivity contribution in [3.63, 3.8) is 0 Å². The van der Waals surface area contributed by atoms with Gasteiger partial charge in [0.05, 0.1) is 11.7 Å². The molecule has 3 nitrogen and oxygen atoms in total. The summed E-state index contributed by atoms with van der Waals surface area (Å²) in [6.45, 7) is 3.94. The molecule has 1 N–H and O–H groups in total. The van der Waals surface area contributed by atoms with Crippen LogP contribution in [0.2, 0.25) is 5.15 Å². The predicted molar refractivity (Wildman–Crippen MR) is 64.7 cm³/mol. The van der Waals surface area contributed by atoms with Gasteiger partial charge < -0.3 is 9.73 Å². The highest BCUT2D eigenvalue weighted by atomic mass is 35.5. The van der Waals surface area contributed by atoms with Crippen LogP contribution in [0, 0.1) is 6.92 Å². The van der Waals surface area contributed by atoms with Crippen LogP contribution in [0.15, 0.2) is 34.9 Å². The minimum absolute atomic E-state index is 0.0652. The topological polar surface area (TPSA) is 38.1 Å². The summed E-state index contributed by atoms with van der Waals surface area (Å²) in [6, 6.07) is 7.70. The Bertz CT molecular complexity index is 481. The molecule has 0 aliphatic heterocycles. The minimum atomic E-state index is 0.0652. The number of furan rings is 1. The molecule has 16 heavy (non-hydrogen) atoms. The quantitative estimate of drug-likeness (QED) is 0.824. The Balaban J connectivity index is 2.13. The van der Waals surface area contributed by atoms with E-state index in [1.54, 1.807) is 6.20 Å². The molecule has 0 spiro atoms. The fraction of sp³-hybridized carbons (Fsp3) is 0.250. The number of halogens is 1. The van der Waals surface area contributed by atoms with Gasteiger partial charge in [-0.2, -0.15) is 0 Å². The van der Waals surface area contributed by atoms with Gasteiger partial charge in [0.2, 0.25) is 0 Å². The van der Waals surface area contributed by atoms with E-state index in [9.17, 15) is 0 Å². The summed E-state index contributed by atoms with van der Waals surface area (Å²) in [4.78, 5) is 4.00. The van der Waals surface area contributed by atoms with Gasteiger partial charge in [0.25, 0.3) is 0 Å². The third kappa shape index (κ3) is 2.36. The van der Waals surface area contributed by atoms with E-state index in [0.29, 0.717) is 5.15 Å². The van der Waals surface area contributed by atoms with E-state index in [4.69, 9.17) is 16.0 Å². The predicted octanol–water partition coefficient (Wildman–Crippen LogP) is 3.81. The Labute approximate surface area is 99.5 Å². The van der Waals surface area contributed by atoms with Crippen molar-refractivity contribution in [2.75, 3.05) is 5.32 Å². The van der Waals surface area contributed by atoms with Gasteiger partial charge in [-0.1, -0.05) is 11.6 Å². The summed E-state index contributed by atoms with van der Waals surface area (Å²) in [5.41, 5.74) is 0.811. The van der Waals surface area contributed by atoms with Crippen molar-refractivity contribution in [2.24, 2.45) is 0 Å². The summed E-state index contributed by atoms with van der Waals surface area (Å²) in [7, 11) is 0. The lowest BCUT2D eigenvalue weighted by atomic mass is 10.2. The second-order valence-electron chi connectivity index (χ2n) is 3.66. The Morgan fingerprint density at radius 1 is 1.38 bits per heavy atom. The first kappa shape index (κ1) is 11.0. The molecule has 0 aliphatic carbocycles. The van der Waals surface area contributed by atoms with Crippen LogP contribution in [0.1, 0.15) is 24.5 Å². The zero-order valence-electron chi connectivity index (χ0n) is 9.20. The van der Waals surface area contributed by atoms with E-state index in [1.807, 2.05) is 38.1 Å². The van der Waals surface area contributed by atoms with E-state index >= 15 is 0 Å². The van der Waals surface area contributed by atoms with E-state index < -0.39 is 0 Å². The second kappa shape index (κ2) is 4.58. The first-order valence-electron chi connectivity index (χ1n) is 5.10. The molecular formula is C12H13ClN2O. The van der Waals surface area contributed by atoms with Crippen LogP contribution in [0.3, 0.4) is 0 Å². The first-order valence-corrected chi connectivity index (χ1v) is 5.48. The highest BCUT2D eigenvalue weighted by Gasteiger charge is 2.10. The number of nitrogens with one attached hydrogen (secondary N) is 1. The monoisotopic (exact) mass is 236 g/mol. The molecule has 1 atom stereocenters. The summed E-state index contributed by atoms with van der Waals surface area (Å²) >= 11 is 5.96. The highest BCUT2D eigenvalue weighted by Crippen LogP contribution is 2.24. The van der Waals surface area contributed by atoms with Crippen LogP contribution in [0.25, 0.3) is 0 Å². The SMILES string of the molecule is Cc1ccc(C(C)Nc2cccnc2Cl)o1. The van der Waals surface area contributed by atoms with E-state index in [0.717, 1.165) is 17.2 Å². The fourth-order valence-corrected chi connectivity index (χ4v) is 1.66. The maximum atomic E-state index is 5.96. The van der Waals surface area contributed by atoms with E-state index in [2.05, 4.69) is 10.3 Å². The minimum Gasteiger partial charge on any atom is -0.464 e. The normalized spacial score (nSPS) is 12.4. The Hall–Kier alpha value is -1.48. The molecule has 0 aromatic carbocycles. The largest absolute Gasteiger partial charge is 0.464 e. The van der Waals surface area contributed by atoms with Gasteiger partial charge >= 0.3 is 0 Å². The van der Waals surface area contributed by atoms with Gasteiger partial charge in [-0.05, 0) is 38.1 Å². The number of anilines is 1. The number of aryl methyl sites for hydroxylation is 1. The molecule has 0 radical (unpaired) electrons. The van der Waals surface area contributed by atoms with Crippen molar-refractivity contribution in [3.8, 4) is 0 Å². The maximum Gasteiger partial charge on any atom is 0.152 e. The number of aromatic nitrogens is 1. The van der Waals surface area contributed by atoms with Crippen LogP contribution in [0.4, 0.5) is 5.69 Å². The molecule has 0 aliphatic rings. The summed E-state index contributed by atoms with van der Waals surface area (Å²) in [5.74, 6) is 1.79. The summed E-state index contributed by atoms with van der Waals surface area (Å²) < 4.78 is 5.53. The zero-order chi connectivity index (χ0) is 11.5. The highest BCUT2D eigenvalue weighted by molar-refractivity contribution is 6.31. The molecule has 0 fully saturated rings. The molecule has 0 saturated heterocycles. The maximum absolute atomic E-state index is 5.96. The van der Waals surface area contributed by atoms with Crippen molar-refractivity contribution in [2.45, 2.75) is 19.9 Å². The molecular weight excluding hydrogens is 224 g/mol. The smallest absolute Gasteiger partial charge is 0.152 e. The van der Waals surface area contributed by atoms with Gasteiger partial charge in [0.15, 0.2) is 5.15 Å². The molecule has 1 unspecified atom stereocenters. The third-order valence-corrected chi connectivity index (χ3v) is 2.62. The number of hydrogen-bond acceptors (Lipinski definition) is 3. The lowest BCUT2D eigenvalue weighted by Crippen LogP contribution is -2.06. The average Bonchev–Trinajstić information content (AvgIpc) is 2.68. The molecule has 2 aromatic rings. The van der Waals surface area contributed by atoms with Crippen LogP contribution < -0.4 is 5.32 Å². The number of nitrogens with zero attached hydrogens (tertiary/aromatic N) is 1. The van der Waals surface area contributed by atoms with E-state index in [1.165, 1.54) is 0 Å². The summed E-state index contributed by atoms with van der Waals surface area (Å²) in [6.07, 6.45) is 1.66. The lowest BCUT2D eigenvalue weighted by Gasteiger charge is -2.13. The Kier molecular flexibility index (Phi) is 3.15. The van der Waals surface area contributed by atoms with Crippen LogP contribution in [-0.4, -0.2) is 4.98 Å². The van der Waals surface area contributed by atoms with Crippen molar-refractivity contribution in [3.05, 3.63) is 47.1 Å². The standard InChI is InChI=1S/C12H13ClN2O/c1-8-5-6-11(16-8)9(2)15-10-4-3-7-14-12(10)13/h3-7,9,15H,1-2H3. The number of pyridine rings is 1. The summed E-state index contributed by atoms with van der Waals surface area (Å²) in [5, 5.41) is 3.72. The van der Waals surface area contributed by atoms with Crippen LogP contribution in [0.5, 0.6) is 0 Å². The van der Waals surface area contributed by atoms with Crippen molar-refractivity contribution < 1.29 is 4.42 Å². The van der Waals surface area contributed by atoms with Gasteiger partial charge in [-0.15, -0.1) is 0 Å². The molecule has 0 saturated carbocycles. The van der Waals surface area contributed by atoms with E-state index in [-0.39, 0.29) is 6.04 Å².